The van der Waals surface area contributed by atoms with Crippen molar-refractivity contribution in [1.29, 1.82) is 0 Å². The second-order valence-corrected chi connectivity index (χ2v) is 6.82. The van der Waals surface area contributed by atoms with Crippen LogP contribution in [0.5, 0.6) is 0 Å². The van der Waals surface area contributed by atoms with Crippen molar-refractivity contribution in [3.8, 4) is 0 Å². The predicted octanol–water partition coefficient (Wildman–Crippen LogP) is 7.30. The van der Waals surface area contributed by atoms with Crippen LogP contribution in [0.15, 0.2) is 12.7 Å². The summed E-state index contributed by atoms with van der Waals surface area (Å²) in [4.78, 5) is 0. The lowest BCUT2D eigenvalue weighted by atomic mass is 9.81. The molecule has 0 nitrogen and oxygen atoms in total. The van der Waals surface area contributed by atoms with Crippen molar-refractivity contribution >= 4 is 0 Å². The third kappa shape index (κ3) is 9.42. The summed E-state index contributed by atoms with van der Waals surface area (Å²) in [6.07, 6.45) is 2.89. The van der Waals surface area contributed by atoms with Gasteiger partial charge in [-0.05, 0) is 37.5 Å². The molecule has 0 aromatic rings. The molecule has 0 bridgehead atoms. The molecule has 0 unspecified atom stereocenters. The van der Waals surface area contributed by atoms with Crippen molar-refractivity contribution in [2.75, 3.05) is 0 Å². The predicted molar refractivity (Wildman–Crippen MR) is 81.2 cm³/mol. The fourth-order valence-corrected chi connectivity index (χ4v) is 2.46. The Morgan fingerprint density at radius 2 is 1.18 bits per heavy atom. The number of rotatable bonds is 12. The summed E-state index contributed by atoms with van der Waals surface area (Å²) >= 11 is 0. The van der Waals surface area contributed by atoms with Gasteiger partial charge in [0.1, 0.15) is 0 Å². The van der Waals surface area contributed by atoms with E-state index in [9.17, 15) is 22.0 Å². The van der Waals surface area contributed by atoms with Crippen LogP contribution < -0.4 is 0 Å². The van der Waals surface area contributed by atoms with E-state index in [1.807, 2.05) is 6.08 Å². The van der Waals surface area contributed by atoms with Gasteiger partial charge < -0.3 is 0 Å². The van der Waals surface area contributed by atoms with Crippen LogP contribution in [0.25, 0.3) is 0 Å². The van der Waals surface area contributed by atoms with Gasteiger partial charge in [-0.3, -0.25) is 0 Å². The summed E-state index contributed by atoms with van der Waals surface area (Å²) in [5.74, 6) is -4.55. The Morgan fingerprint density at radius 3 is 1.68 bits per heavy atom. The van der Waals surface area contributed by atoms with Gasteiger partial charge in [0.05, 0.1) is 0 Å². The van der Waals surface area contributed by atoms with Gasteiger partial charge in [-0.15, -0.1) is 6.58 Å². The second kappa shape index (κ2) is 9.51. The van der Waals surface area contributed by atoms with Crippen molar-refractivity contribution in [1.82, 2.24) is 0 Å². The highest BCUT2D eigenvalue weighted by molar-refractivity contribution is 4.76. The van der Waals surface area contributed by atoms with Crippen molar-refractivity contribution in [2.45, 2.75) is 90.2 Å². The Bertz CT molecular complexity index is 305. The minimum Gasteiger partial charge on any atom is -0.196 e. The van der Waals surface area contributed by atoms with E-state index in [1.165, 1.54) is 0 Å². The topological polar surface area (TPSA) is 0 Å². The quantitative estimate of drug-likeness (QED) is 0.200. The van der Waals surface area contributed by atoms with E-state index in [4.69, 9.17) is 0 Å². The summed E-state index contributed by atoms with van der Waals surface area (Å²) in [6.45, 7) is 7.78. The first-order valence-electron chi connectivity index (χ1n) is 8.07. The second-order valence-electron chi connectivity index (χ2n) is 6.82. The molecular formula is C17H29F5. The number of hydrogen-bond donors (Lipinski definition) is 0. The maximum absolute atomic E-state index is 12.8. The molecule has 0 N–H and O–H groups in total. The van der Waals surface area contributed by atoms with Gasteiger partial charge in [-0.25, -0.2) is 0 Å². The number of alkyl halides is 5. The minimum absolute atomic E-state index is 0.00591. The van der Waals surface area contributed by atoms with E-state index in [1.54, 1.807) is 0 Å². The van der Waals surface area contributed by atoms with Crippen molar-refractivity contribution < 1.29 is 22.0 Å². The molecule has 132 valence electrons. The van der Waals surface area contributed by atoms with Crippen LogP contribution >= 0.6 is 0 Å². The van der Waals surface area contributed by atoms with E-state index in [-0.39, 0.29) is 11.8 Å². The average molecular weight is 328 g/mol. The van der Waals surface area contributed by atoms with Crippen molar-refractivity contribution in [2.24, 2.45) is 5.41 Å². The smallest absolute Gasteiger partial charge is 0.196 e. The molecule has 0 saturated carbocycles. The number of allylic oxidation sites excluding steroid dienone is 1. The fraction of sp³-hybridized carbons (Fsp3) is 0.882. The summed E-state index contributed by atoms with van der Waals surface area (Å²) < 4.78 is 61.6. The van der Waals surface area contributed by atoms with Gasteiger partial charge in [0.2, 0.25) is 0 Å². The van der Waals surface area contributed by atoms with E-state index >= 15 is 0 Å². The Balaban J connectivity index is 3.82. The van der Waals surface area contributed by atoms with Gasteiger partial charge in [-0.1, -0.05) is 45.6 Å². The van der Waals surface area contributed by atoms with Gasteiger partial charge >= 0.3 is 12.1 Å². The number of halogens is 5. The molecule has 0 amide bonds. The summed E-state index contributed by atoms with van der Waals surface area (Å²) in [7, 11) is 0. The van der Waals surface area contributed by atoms with Gasteiger partial charge in [0.15, 0.2) is 0 Å². The lowest BCUT2D eigenvalue weighted by molar-refractivity contribution is -0.284. The molecule has 0 heterocycles. The number of hydrogen-bond acceptors (Lipinski definition) is 0. The lowest BCUT2D eigenvalue weighted by Gasteiger charge is -2.25. The Kier molecular flexibility index (Phi) is 9.25. The van der Waals surface area contributed by atoms with Crippen LogP contribution in [0.4, 0.5) is 22.0 Å². The molecule has 0 aliphatic rings. The molecule has 0 rings (SSSR count). The van der Waals surface area contributed by atoms with Gasteiger partial charge in [0.25, 0.3) is 0 Å². The maximum atomic E-state index is 12.8. The van der Waals surface area contributed by atoms with Crippen molar-refractivity contribution in [3.63, 3.8) is 0 Å². The monoisotopic (exact) mass is 328 g/mol. The van der Waals surface area contributed by atoms with Crippen LogP contribution in [-0.4, -0.2) is 12.1 Å². The van der Waals surface area contributed by atoms with Crippen LogP contribution in [0, 0.1) is 5.41 Å². The van der Waals surface area contributed by atoms with E-state index in [0.717, 1.165) is 38.5 Å². The molecule has 5 heteroatoms. The van der Waals surface area contributed by atoms with Crippen molar-refractivity contribution in [3.05, 3.63) is 12.7 Å². The molecule has 0 atom stereocenters. The molecular weight excluding hydrogens is 299 g/mol. The first-order valence-corrected chi connectivity index (χ1v) is 8.07. The molecule has 0 aromatic heterocycles. The molecule has 0 fully saturated rings. The molecule has 0 aliphatic heterocycles. The zero-order valence-corrected chi connectivity index (χ0v) is 13.7. The van der Waals surface area contributed by atoms with E-state index < -0.39 is 18.5 Å². The molecule has 0 spiro atoms. The third-order valence-corrected chi connectivity index (χ3v) is 4.02. The molecule has 0 radical (unpaired) electrons. The zero-order valence-electron chi connectivity index (χ0n) is 13.7. The zero-order chi connectivity index (χ0) is 17.3. The van der Waals surface area contributed by atoms with Gasteiger partial charge in [-0.2, -0.15) is 22.0 Å². The molecule has 0 saturated heterocycles. The summed E-state index contributed by atoms with van der Waals surface area (Å²) in [5, 5.41) is 0. The Labute approximate surface area is 131 Å². The highest BCUT2D eigenvalue weighted by Gasteiger charge is 2.56. The maximum Gasteiger partial charge on any atom is 0.453 e. The Hall–Kier alpha value is -0.610. The number of unbranched alkanes of at least 4 members (excludes halogenated alkanes) is 5. The normalized spacial score (nSPS) is 13.4. The van der Waals surface area contributed by atoms with Crippen LogP contribution in [0.3, 0.4) is 0 Å². The summed E-state index contributed by atoms with van der Waals surface area (Å²) in [5.41, 5.74) is 0.00591. The standard InChI is InChI=1S/C17H29F5/c1-4-5-6-7-8-9-12-15(2,3)13-10-11-14-16(18,19)17(20,21)22/h4H,1,5-14H2,2-3H3. The van der Waals surface area contributed by atoms with E-state index in [0.29, 0.717) is 12.8 Å². The van der Waals surface area contributed by atoms with Gasteiger partial charge in [0, 0.05) is 6.42 Å². The highest BCUT2D eigenvalue weighted by atomic mass is 19.4. The van der Waals surface area contributed by atoms with Crippen LogP contribution in [0.1, 0.15) is 78.1 Å². The first-order chi connectivity index (χ1) is 10.0. The largest absolute Gasteiger partial charge is 0.453 e. The van der Waals surface area contributed by atoms with Crippen LogP contribution in [-0.2, 0) is 0 Å². The molecule has 0 aliphatic carbocycles. The average Bonchev–Trinajstić information content (AvgIpc) is 2.37. The van der Waals surface area contributed by atoms with Crippen LogP contribution in [0.2, 0.25) is 0 Å². The summed E-state index contributed by atoms with van der Waals surface area (Å²) in [6, 6.07) is 0. The lowest BCUT2D eigenvalue weighted by Crippen LogP contribution is -2.36. The first kappa shape index (κ1) is 21.4. The molecule has 22 heavy (non-hydrogen) atoms. The Morgan fingerprint density at radius 1 is 0.727 bits per heavy atom. The fourth-order valence-electron chi connectivity index (χ4n) is 2.46. The highest BCUT2D eigenvalue weighted by Crippen LogP contribution is 2.40. The third-order valence-electron chi connectivity index (χ3n) is 4.02. The SMILES string of the molecule is C=CCCCCCCC(C)(C)CCCCC(F)(F)C(F)(F)F. The van der Waals surface area contributed by atoms with E-state index in [2.05, 4.69) is 20.4 Å². The molecule has 0 aromatic carbocycles. The minimum atomic E-state index is -5.42.